The molecule has 0 fully saturated rings. The van der Waals surface area contributed by atoms with E-state index in [9.17, 15) is 4.79 Å². The van der Waals surface area contributed by atoms with E-state index >= 15 is 0 Å². The molecular formula is C22H38O3. The second-order valence-corrected chi connectivity index (χ2v) is 7.32. The summed E-state index contributed by atoms with van der Waals surface area (Å²) in [7, 11) is 0. The summed E-state index contributed by atoms with van der Waals surface area (Å²) in [6.07, 6.45) is 19.5. The maximum Gasteiger partial charge on any atom is 0.303 e. The first-order valence-corrected chi connectivity index (χ1v) is 10.5. The van der Waals surface area contributed by atoms with Crippen molar-refractivity contribution >= 4 is 5.97 Å². The highest BCUT2D eigenvalue weighted by Gasteiger charge is 2.13. The van der Waals surface area contributed by atoms with Crippen LogP contribution in [0.15, 0.2) is 22.8 Å². The van der Waals surface area contributed by atoms with Crippen molar-refractivity contribution in [2.45, 2.75) is 109 Å². The van der Waals surface area contributed by atoms with Crippen LogP contribution in [0.3, 0.4) is 0 Å². The van der Waals surface area contributed by atoms with Gasteiger partial charge in [-0.15, -0.1) is 0 Å². The number of carboxylic acid groups (broad SMARTS) is 1. The minimum Gasteiger partial charge on any atom is -0.481 e. The van der Waals surface area contributed by atoms with Crippen molar-refractivity contribution in [3.63, 3.8) is 0 Å². The highest BCUT2D eigenvalue weighted by Crippen LogP contribution is 2.29. The molecule has 0 spiro atoms. The van der Waals surface area contributed by atoms with Crippen LogP contribution in [-0.4, -0.2) is 11.1 Å². The van der Waals surface area contributed by atoms with Crippen molar-refractivity contribution in [1.82, 2.24) is 0 Å². The largest absolute Gasteiger partial charge is 0.481 e. The Morgan fingerprint density at radius 3 is 2.00 bits per heavy atom. The number of unbranched alkanes of at least 4 members (excludes halogenated alkanes) is 10. The predicted molar refractivity (Wildman–Crippen MR) is 104 cm³/mol. The highest BCUT2D eigenvalue weighted by atomic mass is 16.4. The third-order valence-electron chi connectivity index (χ3n) is 5.04. The smallest absolute Gasteiger partial charge is 0.303 e. The van der Waals surface area contributed by atoms with Crippen molar-refractivity contribution in [2.75, 3.05) is 0 Å². The number of rotatable bonds is 17. The first-order chi connectivity index (χ1) is 12.2. The molecule has 1 aromatic rings. The fraction of sp³-hybridized carbons (Fsp3) is 0.773. The summed E-state index contributed by atoms with van der Waals surface area (Å²) in [6, 6.07) is 4.10. The van der Waals surface area contributed by atoms with Crippen molar-refractivity contribution in [1.29, 1.82) is 0 Å². The van der Waals surface area contributed by atoms with Crippen LogP contribution < -0.4 is 0 Å². The van der Waals surface area contributed by atoms with Crippen LogP contribution in [0.5, 0.6) is 0 Å². The Morgan fingerprint density at radius 1 is 0.920 bits per heavy atom. The van der Waals surface area contributed by atoms with Crippen LogP contribution in [-0.2, 0) is 4.79 Å². The monoisotopic (exact) mass is 350 g/mol. The maximum atomic E-state index is 10.5. The van der Waals surface area contributed by atoms with Gasteiger partial charge in [-0.25, -0.2) is 0 Å². The van der Waals surface area contributed by atoms with Gasteiger partial charge in [-0.1, -0.05) is 77.6 Å². The lowest BCUT2D eigenvalue weighted by Gasteiger charge is -2.14. The molecule has 0 saturated carbocycles. The standard InChI is InChI=1S/C22H38O3/c1-2-3-4-5-6-7-8-11-15-20(21-17-14-19-25-21)16-12-9-10-13-18-22(23)24/h14,17,19-20H,2-13,15-16,18H2,1H3,(H,23,24). The van der Waals surface area contributed by atoms with Gasteiger partial charge < -0.3 is 9.52 Å². The Bertz CT molecular complexity index is 411. The van der Waals surface area contributed by atoms with Gasteiger partial charge in [-0.3, -0.25) is 4.79 Å². The number of carboxylic acids is 1. The summed E-state index contributed by atoms with van der Waals surface area (Å²) < 4.78 is 5.65. The summed E-state index contributed by atoms with van der Waals surface area (Å²) in [5, 5.41) is 8.67. The molecule has 3 nitrogen and oxygen atoms in total. The van der Waals surface area contributed by atoms with Crippen LogP contribution in [0.25, 0.3) is 0 Å². The Labute approximate surface area is 154 Å². The molecule has 0 aliphatic carbocycles. The SMILES string of the molecule is CCCCCCCCCCC(CCCCCCC(=O)O)c1ccco1. The number of furan rings is 1. The molecule has 1 aromatic heterocycles. The van der Waals surface area contributed by atoms with Crippen LogP contribution in [0.2, 0.25) is 0 Å². The fourth-order valence-corrected chi connectivity index (χ4v) is 3.50. The van der Waals surface area contributed by atoms with E-state index in [-0.39, 0.29) is 0 Å². The molecule has 1 rings (SSSR count). The highest BCUT2D eigenvalue weighted by molar-refractivity contribution is 5.66. The van der Waals surface area contributed by atoms with Crippen molar-refractivity contribution in [2.24, 2.45) is 0 Å². The quantitative estimate of drug-likeness (QED) is 0.299. The molecule has 1 unspecified atom stereocenters. The summed E-state index contributed by atoms with van der Waals surface area (Å²) in [5.41, 5.74) is 0. The van der Waals surface area contributed by atoms with Gasteiger partial charge in [0, 0.05) is 12.3 Å². The molecule has 1 heterocycles. The zero-order chi connectivity index (χ0) is 18.2. The molecule has 0 radical (unpaired) electrons. The predicted octanol–water partition coefficient (Wildman–Crippen LogP) is 7.32. The van der Waals surface area contributed by atoms with E-state index < -0.39 is 5.97 Å². The Balaban J connectivity index is 2.13. The second kappa shape index (κ2) is 15.0. The molecule has 0 aromatic carbocycles. The van der Waals surface area contributed by atoms with E-state index in [1.807, 2.05) is 6.07 Å². The number of aliphatic carboxylic acids is 1. The molecule has 1 N–H and O–H groups in total. The van der Waals surface area contributed by atoms with Gasteiger partial charge in [0.1, 0.15) is 5.76 Å². The normalized spacial score (nSPS) is 12.4. The van der Waals surface area contributed by atoms with E-state index in [2.05, 4.69) is 13.0 Å². The van der Waals surface area contributed by atoms with Gasteiger partial charge >= 0.3 is 5.97 Å². The minimum absolute atomic E-state index is 0.305. The lowest BCUT2D eigenvalue weighted by atomic mass is 9.92. The average molecular weight is 351 g/mol. The Morgan fingerprint density at radius 2 is 1.48 bits per heavy atom. The van der Waals surface area contributed by atoms with Crippen molar-refractivity contribution < 1.29 is 14.3 Å². The lowest BCUT2D eigenvalue weighted by Crippen LogP contribution is -1.99. The van der Waals surface area contributed by atoms with Gasteiger partial charge in [-0.05, 0) is 31.4 Å². The first kappa shape index (κ1) is 21.8. The van der Waals surface area contributed by atoms with Crippen molar-refractivity contribution in [3.8, 4) is 0 Å². The molecule has 144 valence electrons. The molecule has 25 heavy (non-hydrogen) atoms. The van der Waals surface area contributed by atoms with Gasteiger partial charge in [-0.2, -0.15) is 0 Å². The van der Waals surface area contributed by atoms with Crippen LogP contribution in [0.1, 0.15) is 115 Å². The number of hydrogen-bond donors (Lipinski definition) is 1. The lowest BCUT2D eigenvalue weighted by molar-refractivity contribution is -0.137. The average Bonchev–Trinajstić information content (AvgIpc) is 3.12. The van der Waals surface area contributed by atoms with E-state index in [1.165, 1.54) is 64.2 Å². The number of hydrogen-bond acceptors (Lipinski definition) is 2. The zero-order valence-corrected chi connectivity index (χ0v) is 16.2. The first-order valence-electron chi connectivity index (χ1n) is 10.5. The molecule has 0 bridgehead atoms. The van der Waals surface area contributed by atoms with E-state index in [0.29, 0.717) is 12.3 Å². The van der Waals surface area contributed by atoms with Crippen LogP contribution in [0, 0.1) is 0 Å². The fourth-order valence-electron chi connectivity index (χ4n) is 3.50. The molecule has 0 saturated heterocycles. The van der Waals surface area contributed by atoms with Crippen LogP contribution in [0.4, 0.5) is 0 Å². The number of carbonyl (C=O) groups is 1. The maximum absolute atomic E-state index is 10.5. The second-order valence-electron chi connectivity index (χ2n) is 7.32. The van der Waals surface area contributed by atoms with Gasteiger partial charge in [0.2, 0.25) is 0 Å². The summed E-state index contributed by atoms with van der Waals surface area (Å²) >= 11 is 0. The Kier molecular flexibility index (Phi) is 13.1. The molecule has 0 amide bonds. The summed E-state index contributed by atoms with van der Waals surface area (Å²) in [6.45, 7) is 2.26. The third-order valence-corrected chi connectivity index (χ3v) is 5.04. The van der Waals surface area contributed by atoms with Crippen LogP contribution >= 0.6 is 0 Å². The van der Waals surface area contributed by atoms with Gasteiger partial charge in [0.15, 0.2) is 0 Å². The minimum atomic E-state index is -0.678. The van der Waals surface area contributed by atoms with Gasteiger partial charge in [0.05, 0.1) is 6.26 Å². The van der Waals surface area contributed by atoms with E-state index in [1.54, 1.807) is 6.26 Å². The Hall–Kier alpha value is -1.25. The van der Waals surface area contributed by atoms with Gasteiger partial charge in [0.25, 0.3) is 0 Å². The molecule has 3 heteroatoms. The molecule has 1 atom stereocenters. The summed E-state index contributed by atoms with van der Waals surface area (Å²) in [4.78, 5) is 10.5. The van der Waals surface area contributed by atoms with E-state index in [0.717, 1.165) is 31.4 Å². The van der Waals surface area contributed by atoms with Crippen molar-refractivity contribution in [3.05, 3.63) is 24.2 Å². The zero-order valence-electron chi connectivity index (χ0n) is 16.2. The molecule has 0 aliphatic rings. The summed E-state index contributed by atoms with van der Waals surface area (Å²) in [5.74, 6) is 0.992. The molecule has 0 aliphatic heterocycles. The molecular weight excluding hydrogens is 312 g/mol. The van der Waals surface area contributed by atoms with E-state index in [4.69, 9.17) is 9.52 Å². The third kappa shape index (κ3) is 11.9. The topological polar surface area (TPSA) is 50.4 Å².